The van der Waals surface area contributed by atoms with Crippen LogP contribution in [0.1, 0.15) is 84.6 Å². The van der Waals surface area contributed by atoms with Gasteiger partial charge in [0.2, 0.25) is 0 Å². The largest absolute Gasteiger partial charge is 0.509 e. The van der Waals surface area contributed by atoms with Gasteiger partial charge in [-0.3, -0.25) is 4.48 Å². The molecule has 3 aliphatic rings. The number of fused-ring (bicyclic) bond motifs is 3. The zero-order valence-corrected chi connectivity index (χ0v) is 43.1. The summed E-state index contributed by atoms with van der Waals surface area (Å²) < 4.78 is 10.2. The van der Waals surface area contributed by atoms with Gasteiger partial charge in [0.25, 0.3) is 0 Å². The molecule has 0 saturated carbocycles. The average molecular weight is 1070 g/mol. The van der Waals surface area contributed by atoms with Crippen LogP contribution in [0.5, 0.6) is 11.5 Å². The number of hydrogen-bond donors (Lipinski definition) is 0. The predicted molar refractivity (Wildman–Crippen MR) is 279 cm³/mol. The van der Waals surface area contributed by atoms with Crippen LogP contribution >= 0.6 is 0 Å². The van der Waals surface area contributed by atoms with Crippen molar-refractivity contribution in [2.75, 3.05) is 6.67 Å². The van der Waals surface area contributed by atoms with E-state index in [0.29, 0.717) is 20.5 Å². The van der Waals surface area contributed by atoms with Gasteiger partial charge < -0.3 is 13.8 Å². The van der Waals surface area contributed by atoms with Gasteiger partial charge >= 0.3 is 0 Å². The number of rotatable bonds is 7. The molecule has 0 aliphatic carbocycles. The predicted octanol–water partition coefficient (Wildman–Crippen LogP) is 16.5. The molecule has 6 heteroatoms. The number of ether oxygens (including phenoxy) is 1. The first-order valence-corrected chi connectivity index (χ1v) is 23.7. The van der Waals surface area contributed by atoms with E-state index in [2.05, 4.69) is 232 Å². The van der Waals surface area contributed by atoms with Crippen molar-refractivity contribution >= 4 is 44.6 Å². The molecular formula is C62H59N4OPt-. The molecule has 9 aromatic rings. The first kappa shape index (κ1) is 45.7. The molecule has 12 rings (SSSR count). The molecule has 1 saturated heterocycles. The van der Waals surface area contributed by atoms with Crippen LogP contribution in [0.15, 0.2) is 158 Å². The summed E-state index contributed by atoms with van der Waals surface area (Å²) >= 11 is 0. The minimum absolute atomic E-state index is 0. The Bertz CT molecular complexity index is 3430. The molecule has 0 radical (unpaired) electrons. The van der Waals surface area contributed by atoms with Gasteiger partial charge in [0.1, 0.15) is 11.5 Å². The van der Waals surface area contributed by atoms with Gasteiger partial charge in [0, 0.05) is 73.2 Å². The molecule has 2 atom stereocenters. The summed E-state index contributed by atoms with van der Waals surface area (Å²) in [4.78, 5) is 5.12. The minimum Gasteiger partial charge on any atom is -0.509 e. The molecule has 0 N–H and O–H groups in total. The summed E-state index contributed by atoms with van der Waals surface area (Å²) in [5, 5.41) is 2.24. The molecule has 3 aliphatic heterocycles. The summed E-state index contributed by atoms with van der Waals surface area (Å²) in [5.74, 6) is 2.11. The zero-order valence-electron chi connectivity index (χ0n) is 40.8. The van der Waals surface area contributed by atoms with E-state index in [1.165, 1.54) is 50.4 Å². The van der Waals surface area contributed by atoms with E-state index in [0.717, 1.165) is 51.1 Å². The Morgan fingerprint density at radius 1 is 0.574 bits per heavy atom. The van der Waals surface area contributed by atoms with E-state index in [1.54, 1.807) is 0 Å². The number of pyridine rings is 1. The molecule has 0 unspecified atom stereocenters. The second-order valence-corrected chi connectivity index (χ2v) is 21.9. The number of quaternary nitrogens is 2. The Hall–Kier alpha value is -6.10. The third-order valence-corrected chi connectivity index (χ3v) is 14.2. The first-order valence-electron chi connectivity index (χ1n) is 23.7. The van der Waals surface area contributed by atoms with Gasteiger partial charge in [-0.05, 0) is 86.2 Å². The molecule has 5 heterocycles. The van der Waals surface area contributed by atoms with E-state index in [9.17, 15) is 0 Å². The molecule has 2 aromatic heterocycles. The minimum atomic E-state index is 0. The molecule has 2 bridgehead atoms. The maximum atomic E-state index is 6.79. The van der Waals surface area contributed by atoms with Gasteiger partial charge in [-0.2, -0.15) is 12.1 Å². The summed E-state index contributed by atoms with van der Waals surface area (Å²) in [7, 11) is 0. The summed E-state index contributed by atoms with van der Waals surface area (Å²) in [6.07, 6.45) is 2.02. The molecule has 7 aromatic carbocycles. The van der Waals surface area contributed by atoms with E-state index in [-0.39, 0.29) is 37.3 Å². The fraction of sp³-hybridized carbons (Fsp3) is 0.226. The van der Waals surface area contributed by atoms with Crippen LogP contribution < -0.4 is 13.7 Å². The van der Waals surface area contributed by atoms with Crippen molar-refractivity contribution in [3.05, 3.63) is 199 Å². The monoisotopic (exact) mass is 1070 g/mol. The third-order valence-electron chi connectivity index (χ3n) is 14.2. The van der Waals surface area contributed by atoms with Gasteiger partial charge in [-0.15, -0.1) is 29.7 Å². The van der Waals surface area contributed by atoms with Gasteiger partial charge in [-0.1, -0.05) is 159 Å². The van der Waals surface area contributed by atoms with Crippen molar-refractivity contribution in [3.63, 3.8) is 0 Å². The molecule has 1 fully saturated rings. The number of hydrogen-bond acceptors (Lipinski definition) is 2. The zero-order chi connectivity index (χ0) is 46.7. The van der Waals surface area contributed by atoms with Gasteiger partial charge in [0.05, 0.1) is 6.67 Å². The maximum absolute atomic E-state index is 6.79. The quantitative estimate of drug-likeness (QED) is 0.117. The number of para-hydroxylation sites is 2. The third kappa shape index (κ3) is 7.46. The standard InChI is InChI=1S/C62H59N4O.Pt/c1-41-32-58(63-38-54(41)43-19-14-21-45(34-43)61(5,6)7)64-55-28-12-11-26-52(55)53-31-30-50(37-56(53)64)67-49-25-16-24-48(36-49)65-39-66(40-65,47-23-15-22-46(35-47)62(8,9)10)59-51(27-17-29-57(59)65)42-18-13-20-44(33-42)60(2,3)4;/h11-35,38-39H,40H2,1-10H3;/q-1;/t65-,66+;/m1./s1. The molecule has 0 amide bonds. The molecule has 5 nitrogen and oxygen atoms in total. The fourth-order valence-electron chi connectivity index (χ4n) is 10.5. The topological polar surface area (TPSA) is 27.1 Å². The van der Waals surface area contributed by atoms with Crippen molar-refractivity contribution in [2.45, 2.75) is 85.5 Å². The van der Waals surface area contributed by atoms with Crippen LogP contribution in [0.4, 0.5) is 22.7 Å². The van der Waals surface area contributed by atoms with E-state index < -0.39 is 0 Å². The molecular weight excluding hydrogens is 1010 g/mol. The second kappa shape index (κ2) is 16.3. The van der Waals surface area contributed by atoms with Gasteiger partial charge in [-0.25, -0.2) is 4.98 Å². The van der Waals surface area contributed by atoms with Crippen LogP contribution in [0.3, 0.4) is 0 Å². The molecule has 344 valence electrons. The van der Waals surface area contributed by atoms with Gasteiger partial charge in [0.15, 0.2) is 18.0 Å². The molecule has 68 heavy (non-hydrogen) atoms. The van der Waals surface area contributed by atoms with Crippen LogP contribution in [0, 0.1) is 25.7 Å². The van der Waals surface area contributed by atoms with Crippen LogP contribution in [0.25, 0.3) is 49.9 Å². The Labute approximate surface area is 417 Å². The average Bonchev–Trinajstić information content (AvgIpc) is 3.90. The van der Waals surface area contributed by atoms with Crippen LogP contribution in [0.2, 0.25) is 0 Å². The number of nitrogens with zero attached hydrogens (tertiary/aromatic N) is 4. The van der Waals surface area contributed by atoms with E-state index in [4.69, 9.17) is 9.72 Å². The van der Waals surface area contributed by atoms with Crippen molar-refractivity contribution < 1.29 is 25.8 Å². The van der Waals surface area contributed by atoms with Crippen LogP contribution in [-0.4, -0.2) is 16.2 Å². The summed E-state index contributed by atoms with van der Waals surface area (Å²) in [6.45, 7) is 26.0. The van der Waals surface area contributed by atoms with Crippen molar-refractivity contribution in [1.82, 2.24) is 18.5 Å². The van der Waals surface area contributed by atoms with Crippen molar-refractivity contribution in [3.8, 4) is 39.6 Å². The number of benzene rings is 7. The van der Waals surface area contributed by atoms with E-state index >= 15 is 0 Å². The second-order valence-electron chi connectivity index (χ2n) is 21.9. The van der Waals surface area contributed by atoms with Crippen LogP contribution in [-0.2, 0) is 37.3 Å². The Morgan fingerprint density at radius 3 is 1.85 bits per heavy atom. The SMILES string of the molecule is Cc1cc(-n2c3[c-]c(Oc4[c-]c([N@@+]56[CH-][N@@+](c7cccc(C(C)(C)C)c7)(C5)c5c(-c7cccc(C(C)(C)C)c7)cccc56)ccc4)ccc3c3ccccc32)ncc1-c1cccc(C(C)(C)C)c1.[Pt]. The van der Waals surface area contributed by atoms with E-state index in [1.807, 2.05) is 18.3 Å². The van der Waals surface area contributed by atoms with Crippen molar-refractivity contribution in [2.24, 2.45) is 0 Å². The normalized spacial score (nSPS) is 17.7. The Morgan fingerprint density at radius 2 is 1.18 bits per heavy atom. The number of aryl methyl sites for hydroxylation is 1. The Balaban J connectivity index is 0.00000539. The smallest absolute Gasteiger partial charge is 0.187 e. The first-order chi connectivity index (χ1) is 31.9. The fourth-order valence-corrected chi connectivity index (χ4v) is 10.5. The maximum Gasteiger partial charge on any atom is 0.187 e. The Kier molecular flexibility index (Phi) is 10.9. The molecule has 0 spiro atoms. The van der Waals surface area contributed by atoms with Crippen molar-refractivity contribution in [1.29, 1.82) is 0 Å². The summed E-state index contributed by atoms with van der Waals surface area (Å²) in [5.41, 5.74) is 16.9. The number of aromatic nitrogens is 2. The summed E-state index contributed by atoms with van der Waals surface area (Å²) in [6, 6.07) is 62.7.